The van der Waals surface area contributed by atoms with E-state index in [2.05, 4.69) is 5.32 Å². The molecule has 0 radical (unpaired) electrons. The summed E-state index contributed by atoms with van der Waals surface area (Å²) in [7, 11) is 1.64. The highest BCUT2D eigenvalue weighted by Crippen LogP contribution is 2.26. The van der Waals surface area contributed by atoms with Gasteiger partial charge in [0.1, 0.15) is 30.5 Å². The van der Waals surface area contributed by atoms with Crippen molar-refractivity contribution in [2.24, 2.45) is 0 Å². The molecule has 0 aromatic rings. The van der Waals surface area contributed by atoms with Crippen molar-refractivity contribution >= 4 is 0 Å². The molecule has 9 nitrogen and oxygen atoms in total. The van der Waals surface area contributed by atoms with Crippen LogP contribution in [0.4, 0.5) is 0 Å². The van der Waals surface area contributed by atoms with E-state index >= 15 is 0 Å². The highest BCUT2D eigenvalue weighted by molar-refractivity contribution is 4.94. The summed E-state index contributed by atoms with van der Waals surface area (Å²) >= 11 is 0. The molecule has 2 heterocycles. The first-order chi connectivity index (χ1) is 9.86. The first-order valence-electron chi connectivity index (χ1n) is 6.87. The lowest BCUT2D eigenvalue weighted by molar-refractivity contribution is -0.325. The number of hydrogen-bond donors (Lipinski definition) is 6. The van der Waals surface area contributed by atoms with E-state index < -0.39 is 55.2 Å². The molecule has 0 amide bonds. The van der Waals surface area contributed by atoms with Crippen LogP contribution >= 0.6 is 0 Å². The highest BCUT2D eigenvalue weighted by Gasteiger charge is 2.47. The lowest BCUT2D eigenvalue weighted by Gasteiger charge is -2.44. The van der Waals surface area contributed by atoms with Gasteiger partial charge in [-0.2, -0.15) is 0 Å². The van der Waals surface area contributed by atoms with E-state index in [-0.39, 0.29) is 6.61 Å². The van der Waals surface area contributed by atoms with Gasteiger partial charge in [0.25, 0.3) is 0 Å². The molecule has 9 heteroatoms. The molecule has 21 heavy (non-hydrogen) atoms. The largest absolute Gasteiger partial charge is 0.388 e. The number of ether oxygens (including phenoxy) is 3. The summed E-state index contributed by atoms with van der Waals surface area (Å²) in [5.41, 5.74) is 0. The van der Waals surface area contributed by atoms with Crippen molar-refractivity contribution in [3.63, 3.8) is 0 Å². The van der Waals surface area contributed by atoms with Gasteiger partial charge >= 0.3 is 0 Å². The van der Waals surface area contributed by atoms with Gasteiger partial charge in [-0.3, -0.25) is 0 Å². The Kier molecular flexibility index (Phi) is 5.52. The summed E-state index contributed by atoms with van der Waals surface area (Å²) in [6.07, 6.45) is -9.44. The quantitative estimate of drug-likeness (QED) is 0.313. The smallest absolute Gasteiger partial charge is 0.186 e. The van der Waals surface area contributed by atoms with Gasteiger partial charge in [0.2, 0.25) is 0 Å². The Morgan fingerprint density at radius 3 is 2.33 bits per heavy atom. The molecule has 2 saturated heterocycles. The standard InChI is InChI=1S/C12H23NO8/c1-4-6(13-2)10(9(17)11(18)20-4)21-12-8(16)7(15)5(14)3-19-12/h4-18H,3H2,1-2H3/t4-,5-,6+,7+,8-,9-,10+,11-,12+/m1/s1. The Balaban J connectivity index is 2.08. The van der Waals surface area contributed by atoms with Gasteiger partial charge in [-0.1, -0.05) is 0 Å². The third-order valence-electron chi connectivity index (χ3n) is 3.92. The van der Waals surface area contributed by atoms with Crippen molar-refractivity contribution in [2.45, 2.75) is 62.2 Å². The molecule has 0 saturated carbocycles. The summed E-state index contributed by atoms with van der Waals surface area (Å²) < 4.78 is 15.8. The summed E-state index contributed by atoms with van der Waals surface area (Å²) in [6.45, 7) is 1.49. The van der Waals surface area contributed by atoms with Crippen LogP contribution in [0.15, 0.2) is 0 Å². The minimum atomic E-state index is -1.46. The Morgan fingerprint density at radius 1 is 1.05 bits per heavy atom. The van der Waals surface area contributed by atoms with Crippen LogP contribution in [0.1, 0.15) is 6.92 Å². The number of aliphatic hydroxyl groups is 5. The molecule has 2 aliphatic heterocycles. The molecule has 0 spiro atoms. The molecule has 0 aromatic carbocycles. The van der Waals surface area contributed by atoms with Crippen molar-refractivity contribution in [2.75, 3.05) is 13.7 Å². The van der Waals surface area contributed by atoms with Gasteiger partial charge in [-0.15, -0.1) is 0 Å². The number of aliphatic hydroxyl groups excluding tert-OH is 5. The molecule has 0 unspecified atom stereocenters. The third-order valence-corrected chi connectivity index (χ3v) is 3.92. The Morgan fingerprint density at radius 2 is 1.71 bits per heavy atom. The van der Waals surface area contributed by atoms with E-state index in [1.807, 2.05) is 0 Å². The molecule has 124 valence electrons. The maximum atomic E-state index is 10.0. The van der Waals surface area contributed by atoms with Gasteiger partial charge in [0.15, 0.2) is 12.6 Å². The first kappa shape index (κ1) is 17.0. The molecular weight excluding hydrogens is 286 g/mol. The van der Waals surface area contributed by atoms with Crippen molar-refractivity contribution in [1.82, 2.24) is 5.32 Å². The van der Waals surface area contributed by atoms with Crippen LogP contribution in [0.3, 0.4) is 0 Å². The fourth-order valence-corrected chi connectivity index (χ4v) is 2.64. The van der Waals surface area contributed by atoms with E-state index in [0.29, 0.717) is 0 Å². The molecule has 0 aromatic heterocycles. The van der Waals surface area contributed by atoms with Gasteiger partial charge < -0.3 is 45.1 Å². The fraction of sp³-hybridized carbons (Fsp3) is 1.00. The van der Waals surface area contributed by atoms with E-state index in [9.17, 15) is 25.5 Å². The van der Waals surface area contributed by atoms with Gasteiger partial charge in [0, 0.05) is 0 Å². The van der Waals surface area contributed by atoms with Gasteiger partial charge in [-0.25, -0.2) is 0 Å². The molecule has 0 aliphatic carbocycles. The summed E-state index contributed by atoms with van der Waals surface area (Å²) in [5.74, 6) is 0. The molecular formula is C12H23NO8. The third kappa shape index (κ3) is 3.36. The van der Waals surface area contributed by atoms with Crippen molar-refractivity contribution in [3.8, 4) is 0 Å². The average Bonchev–Trinajstić information content (AvgIpc) is 2.45. The zero-order valence-electron chi connectivity index (χ0n) is 11.9. The minimum absolute atomic E-state index is 0.204. The second-order valence-corrected chi connectivity index (χ2v) is 5.39. The predicted molar refractivity (Wildman–Crippen MR) is 68.0 cm³/mol. The van der Waals surface area contributed by atoms with Crippen LogP contribution in [-0.4, -0.2) is 94.4 Å². The van der Waals surface area contributed by atoms with Crippen LogP contribution in [0, 0.1) is 0 Å². The van der Waals surface area contributed by atoms with E-state index in [1.54, 1.807) is 14.0 Å². The van der Waals surface area contributed by atoms with Crippen LogP contribution in [0.5, 0.6) is 0 Å². The maximum absolute atomic E-state index is 10.0. The fourth-order valence-electron chi connectivity index (χ4n) is 2.64. The molecule has 9 atom stereocenters. The monoisotopic (exact) mass is 309 g/mol. The number of hydrogen-bond acceptors (Lipinski definition) is 9. The zero-order valence-corrected chi connectivity index (χ0v) is 11.9. The van der Waals surface area contributed by atoms with Gasteiger partial charge in [-0.05, 0) is 14.0 Å². The highest BCUT2D eigenvalue weighted by atomic mass is 16.7. The normalized spacial score (nSPS) is 51.9. The molecule has 0 bridgehead atoms. The Hall–Kier alpha value is -0.360. The summed E-state index contributed by atoms with van der Waals surface area (Å²) in [6, 6.07) is -0.455. The van der Waals surface area contributed by atoms with E-state index in [4.69, 9.17) is 14.2 Å². The van der Waals surface area contributed by atoms with Crippen LogP contribution in [0.25, 0.3) is 0 Å². The van der Waals surface area contributed by atoms with E-state index in [1.165, 1.54) is 0 Å². The van der Waals surface area contributed by atoms with Crippen molar-refractivity contribution < 1.29 is 39.7 Å². The molecule has 2 aliphatic rings. The maximum Gasteiger partial charge on any atom is 0.186 e. The Bertz CT molecular complexity index is 345. The van der Waals surface area contributed by atoms with Crippen LogP contribution in [0.2, 0.25) is 0 Å². The Labute approximate surface area is 122 Å². The van der Waals surface area contributed by atoms with E-state index in [0.717, 1.165) is 0 Å². The molecule has 6 N–H and O–H groups in total. The van der Waals surface area contributed by atoms with Crippen LogP contribution < -0.4 is 5.32 Å². The lowest BCUT2D eigenvalue weighted by Crippen LogP contribution is -2.64. The molecule has 2 fully saturated rings. The molecule has 2 rings (SSSR count). The second-order valence-electron chi connectivity index (χ2n) is 5.39. The summed E-state index contributed by atoms with van der Waals surface area (Å²) in [4.78, 5) is 0. The lowest BCUT2D eigenvalue weighted by atomic mass is 9.96. The van der Waals surface area contributed by atoms with Crippen molar-refractivity contribution in [3.05, 3.63) is 0 Å². The zero-order chi connectivity index (χ0) is 15.7. The van der Waals surface area contributed by atoms with Crippen LogP contribution in [-0.2, 0) is 14.2 Å². The van der Waals surface area contributed by atoms with Crippen molar-refractivity contribution in [1.29, 1.82) is 0 Å². The minimum Gasteiger partial charge on any atom is -0.388 e. The summed E-state index contributed by atoms with van der Waals surface area (Å²) in [5, 5.41) is 51.4. The number of likely N-dealkylation sites (N-methyl/N-ethyl adjacent to an activating group) is 1. The average molecular weight is 309 g/mol. The predicted octanol–water partition coefficient (Wildman–Crippen LogP) is -3.50. The number of rotatable bonds is 3. The first-order valence-corrected chi connectivity index (χ1v) is 6.87. The number of nitrogens with one attached hydrogen (secondary N) is 1. The SMILES string of the molecule is CN[C@@H]1[C@H](O[C@@H]2OC[C@@H](O)[C@H](O)[C@H]2O)[C@@H](O)[C@H](O)O[C@@H]1C. The second kappa shape index (κ2) is 6.82. The van der Waals surface area contributed by atoms with Gasteiger partial charge in [0.05, 0.1) is 18.8 Å². The topological polar surface area (TPSA) is 141 Å².